The lowest BCUT2D eigenvalue weighted by molar-refractivity contribution is 0.289. The molecule has 0 spiro atoms. The van der Waals surface area contributed by atoms with Crippen LogP contribution in [0, 0.1) is 5.82 Å². The summed E-state index contributed by atoms with van der Waals surface area (Å²) in [7, 11) is 0. The van der Waals surface area contributed by atoms with E-state index in [0.717, 1.165) is 54.7 Å². The van der Waals surface area contributed by atoms with Gasteiger partial charge in [0, 0.05) is 0 Å². The number of benzene rings is 2. The monoisotopic (exact) mass is 454 g/mol. The molecule has 0 saturated carbocycles. The maximum absolute atomic E-state index is 15.1. The average molecular weight is 455 g/mol. The van der Waals surface area contributed by atoms with Gasteiger partial charge < -0.3 is 9.47 Å². The second kappa shape index (κ2) is 14.3. The van der Waals surface area contributed by atoms with Gasteiger partial charge in [-0.1, -0.05) is 90.2 Å². The fraction of sp³-hybridized carbons (Fsp3) is 0.600. The zero-order valence-electron chi connectivity index (χ0n) is 20.9. The molecule has 2 aromatic rings. The molecule has 0 N–H and O–H groups in total. The molecule has 0 heterocycles. The van der Waals surface area contributed by atoms with Crippen LogP contribution in [0.5, 0.6) is 11.5 Å². The number of halogens is 1. The number of unbranched alkanes of at least 4 members (excludes halogenated alkanes) is 10. The van der Waals surface area contributed by atoms with Gasteiger partial charge in [0.25, 0.3) is 0 Å². The van der Waals surface area contributed by atoms with Crippen molar-refractivity contribution in [3.05, 3.63) is 47.3 Å². The third kappa shape index (κ3) is 7.76. The minimum atomic E-state index is -0.177. The molecule has 3 rings (SSSR count). The summed E-state index contributed by atoms with van der Waals surface area (Å²) in [6.45, 7) is 5.81. The molecule has 0 fully saturated rings. The Bertz CT molecular complexity index is 845. The average Bonchev–Trinajstić information content (AvgIpc) is 2.83. The van der Waals surface area contributed by atoms with E-state index in [0.29, 0.717) is 18.8 Å². The van der Waals surface area contributed by atoms with Crippen LogP contribution in [0.25, 0.3) is 11.1 Å². The molecule has 2 aromatic carbocycles. The molecule has 0 saturated heterocycles. The van der Waals surface area contributed by atoms with E-state index in [2.05, 4.69) is 26.0 Å². The molecule has 33 heavy (non-hydrogen) atoms. The quantitative estimate of drug-likeness (QED) is 0.235. The Morgan fingerprint density at radius 3 is 2.00 bits per heavy atom. The molecule has 0 aromatic heterocycles. The van der Waals surface area contributed by atoms with Gasteiger partial charge in [-0.15, -0.1) is 0 Å². The van der Waals surface area contributed by atoms with E-state index in [-0.39, 0.29) is 5.82 Å². The highest BCUT2D eigenvalue weighted by molar-refractivity contribution is 5.75. The zero-order valence-corrected chi connectivity index (χ0v) is 20.9. The SMILES string of the molecule is CCCCCCCCCCOc1ccc2c(c1)CCc1c-2ccc(OCCCCCC)c1F. The van der Waals surface area contributed by atoms with Gasteiger partial charge in [-0.25, -0.2) is 4.39 Å². The maximum Gasteiger partial charge on any atom is 0.168 e. The lowest BCUT2D eigenvalue weighted by atomic mass is 9.85. The van der Waals surface area contributed by atoms with Gasteiger partial charge in [-0.05, 0) is 66.1 Å². The van der Waals surface area contributed by atoms with E-state index in [1.807, 2.05) is 12.1 Å². The predicted octanol–water partition coefficient (Wildman–Crippen LogP) is 9.07. The van der Waals surface area contributed by atoms with Crippen molar-refractivity contribution in [3.63, 3.8) is 0 Å². The minimum absolute atomic E-state index is 0.177. The molecule has 182 valence electrons. The van der Waals surface area contributed by atoms with Crippen LogP contribution in [0.1, 0.15) is 102 Å². The summed E-state index contributed by atoms with van der Waals surface area (Å²) in [4.78, 5) is 0. The molecular weight excluding hydrogens is 411 g/mol. The molecule has 3 heteroatoms. The van der Waals surface area contributed by atoms with Crippen molar-refractivity contribution >= 4 is 0 Å². The number of rotatable bonds is 16. The third-order valence-corrected chi connectivity index (χ3v) is 6.74. The van der Waals surface area contributed by atoms with E-state index >= 15 is 4.39 Å². The van der Waals surface area contributed by atoms with Crippen LogP contribution in [0.15, 0.2) is 30.3 Å². The van der Waals surface area contributed by atoms with Crippen molar-refractivity contribution in [2.75, 3.05) is 13.2 Å². The van der Waals surface area contributed by atoms with E-state index in [9.17, 15) is 0 Å². The van der Waals surface area contributed by atoms with Crippen molar-refractivity contribution in [1.29, 1.82) is 0 Å². The Hall–Kier alpha value is -2.03. The predicted molar refractivity (Wildman–Crippen MR) is 137 cm³/mol. The van der Waals surface area contributed by atoms with E-state index in [1.165, 1.54) is 63.4 Å². The fourth-order valence-corrected chi connectivity index (χ4v) is 4.73. The van der Waals surface area contributed by atoms with Crippen LogP contribution in [-0.4, -0.2) is 13.2 Å². The summed E-state index contributed by atoms with van der Waals surface area (Å²) in [5.74, 6) is 1.16. The Morgan fingerprint density at radius 1 is 0.667 bits per heavy atom. The Balaban J connectivity index is 1.49. The molecule has 0 unspecified atom stereocenters. The van der Waals surface area contributed by atoms with Gasteiger partial charge in [0.15, 0.2) is 11.6 Å². The highest BCUT2D eigenvalue weighted by Crippen LogP contribution is 2.39. The second-order valence-electron chi connectivity index (χ2n) is 9.46. The first kappa shape index (κ1) is 25.6. The second-order valence-corrected chi connectivity index (χ2v) is 9.46. The number of hydrogen-bond acceptors (Lipinski definition) is 2. The van der Waals surface area contributed by atoms with Gasteiger partial charge in [-0.2, -0.15) is 0 Å². The number of fused-ring (bicyclic) bond motifs is 3. The topological polar surface area (TPSA) is 18.5 Å². The van der Waals surface area contributed by atoms with Gasteiger partial charge in [0.2, 0.25) is 0 Å². The van der Waals surface area contributed by atoms with Crippen LogP contribution in [0.2, 0.25) is 0 Å². The summed E-state index contributed by atoms with van der Waals surface area (Å²) in [6, 6.07) is 10.1. The van der Waals surface area contributed by atoms with Gasteiger partial charge >= 0.3 is 0 Å². The molecule has 0 amide bonds. The number of ether oxygens (including phenoxy) is 2. The van der Waals surface area contributed by atoms with Crippen molar-refractivity contribution in [2.24, 2.45) is 0 Å². The van der Waals surface area contributed by atoms with E-state index in [1.54, 1.807) is 6.07 Å². The van der Waals surface area contributed by atoms with Crippen LogP contribution in [-0.2, 0) is 12.8 Å². The number of hydrogen-bond donors (Lipinski definition) is 0. The molecule has 1 aliphatic rings. The molecule has 2 nitrogen and oxygen atoms in total. The number of aryl methyl sites for hydroxylation is 1. The van der Waals surface area contributed by atoms with E-state index in [4.69, 9.17) is 9.47 Å². The first-order valence-corrected chi connectivity index (χ1v) is 13.4. The van der Waals surface area contributed by atoms with E-state index < -0.39 is 0 Å². The minimum Gasteiger partial charge on any atom is -0.494 e. The van der Waals surface area contributed by atoms with Crippen LogP contribution >= 0.6 is 0 Å². The summed E-state index contributed by atoms with van der Waals surface area (Å²) < 4.78 is 26.9. The fourth-order valence-electron chi connectivity index (χ4n) is 4.73. The zero-order chi connectivity index (χ0) is 23.3. The van der Waals surface area contributed by atoms with Gasteiger partial charge in [0.05, 0.1) is 13.2 Å². The molecule has 1 aliphatic carbocycles. The molecule has 0 radical (unpaired) electrons. The maximum atomic E-state index is 15.1. The van der Waals surface area contributed by atoms with Crippen LogP contribution in [0.4, 0.5) is 4.39 Å². The summed E-state index contributed by atoms with van der Waals surface area (Å²) in [5, 5.41) is 0. The molecule has 0 atom stereocenters. The highest BCUT2D eigenvalue weighted by atomic mass is 19.1. The molecular formula is C30H43FO2. The van der Waals surface area contributed by atoms with Gasteiger partial charge in [-0.3, -0.25) is 0 Å². The normalized spacial score (nSPS) is 12.3. The molecule has 0 bridgehead atoms. The van der Waals surface area contributed by atoms with Gasteiger partial charge in [0.1, 0.15) is 5.75 Å². The smallest absolute Gasteiger partial charge is 0.168 e. The first-order chi connectivity index (χ1) is 16.2. The van der Waals surface area contributed by atoms with Crippen molar-refractivity contribution in [2.45, 2.75) is 104 Å². The third-order valence-electron chi connectivity index (χ3n) is 6.74. The van der Waals surface area contributed by atoms with Crippen LogP contribution < -0.4 is 9.47 Å². The van der Waals surface area contributed by atoms with Crippen LogP contribution in [0.3, 0.4) is 0 Å². The Kier molecular flexibility index (Phi) is 11.1. The largest absolute Gasteiger partial charge is 0.494 e. The highest BCUT2D eigenvalue weighted by Gasteiger charge is 2.22. The van der Waals surface area contributed by atoms with Crippen molar-refractivity contribution < 1.29 is 13.9 Å². The summed E-state index contributed by atoms with van der Waals surface area (Å²) >= 11 is 0. The standard InChI is InChI=1S/C30H43FO2/c1-3-5-7-9-10-11-12-14-21-32-25-16-18-26-24(23-25)15-17-28-27(26)19-20-29(30(28)31)33-22-13-8-6-4-2/h16,18-20,23H,3-15,17,21-22H2,1-2H3. The Labute approximate surface area is 200 Å². The first-order valence-electron chi connectivity index (χ1n) is 13.4. The van der Waals surface area contributed by atoms with Crippen molar-refractivity contribution in [3.8, 4) is 22.6 Å². The lowest BCUT2D eigenvalue weighted by Crippen LogP contribution is -2.09. The lowest BCUT2D eigenvalue weighted by Gasteiger charge is -2.22. The summed E-state index contributed by atoms with van der Waals surface area (Å²) in [5.41, 5.74) is 4.18. The Morgan fingerprint density at radius 2 is 1.27 bits per heavy atom. The van der Waals surface area contributed by atoms with Crippen molar-refractivity contribution in [1.82, 2.24) is 0 Å². The molecule has 0 aliphatic heterocycles. The summed E-state index contributed by atoms with van der Waals surface area (Å²) in [6.07, 6.45) is 16.5.